The summed E-state index contributed by atoms with van der Waals surface area (Å²) < 4.78 is 2.06. The second-order valence-electron chi connectivity index (χ2n) is 10.4. The maximum Gasteiger partial charge on any atom is 0.164 e. The topological polar surface area (TPSA) is 56.0 Å². The monoisotopic (exact) mass is 551 g/mol. The van der Waals surface area contributed by atoms with Gasteiger partial charge >= 0.3 is 0 Å². The number of nitrogens with zero attached hydrogens (tertiary/aromatic N) is 5. The summed E-state index contributed by atoms with van der Waals surface area (Å²) in [5.41, 5.74) is 8.19. The van der Waals surface area contributed by atoms with E-state index in [1.165, 1.54) is 0 Å². The highest BCUT2D eigenvalue weighted by Gasteiger charge is 2.17. The molecule has 0 aliphatic carbocycles. The van der Waals surface area contributed by atoms with Crippen LogP contribution in [0.5, 0.6) is 0 Å². The lowest BCUT2D eigenvalue weighted by atomic mass is 9.99. The predicted molar refractivity (Wildman–Crippen MR) is 173 cm³/mol. The average Bonchev–Trinajstić information content (AvgIpc) is 3.55. The zero-order valence-corrected chi connectivity index (χ0v) is 23.2. The number of fused-ring (bicyclic) bond motifs is 3. The second kappa shape index (κ2) is 10.5. The van der Waals surface area contributed by atoms with Gasteiger partial charge in [-0.15, -0.1) is 0 Å². The Morgan fingerprint density at radius 2 is 0.907 bits per heavy atom. The minimum atomic E-state index is 0.626. The van der Waals surface area contributed by atoms with Crippen LogP contribution >= 0.6 is 0 Å². The SMILES string of the molecule is c1ccc(-c2nc(-c3ccccc3)nc(-c3ccc4cc(-c5ccccc5)n5ncc(-c6ccccc6)c5c4c3)n2)cc1. The number of rotatable bonds is 5. The van der Waals surface area contributed by atoms with Gasteiger partial charge in [-0.05, 0) is 23.1 Å². The van der Waals surface area contributed by atoms with Gasteiger partial charge in [0.25, 0.3) is 0 Å². The van der Waals surface area contributed by atoms with Crippen LogP contribution in [-0.2, 0) is 0 Å². The van der Waals surface area contributed by atoms with E-state index in [1.807, 2.05) is 79.0 Å². The lowest BCUT2D eigenvalue weighted by Crippen LogP contribution is -2.00. The number of aromatic nitrogens is 5. The number of hydrogen-bond donors (Lipinski definition) is 0. The van der Waals surface area contributed by atoms with Crippen LogP contribution in [0.4, 0.5) is 0 Å². The van der Waals surface area contributed by atoms with Crippen molar-refractivity contribution in [3.05, 3.63) is 152 Å². The normalized spacial score (nSPS) is 11.3. The van der Waals surface area contributed by atoms with Crippen LogP contribution in [0, 0.1) is 0 Å². The van der Waals surface area contributed by atoms with Gasteiger partial charge in [-0.25, -0.2) is 19.5 Å². The molecule has 43 heavy (non-hydrogen) atoms. The van der Waals surface area contributed by atoms with Crippen molar-refractivity contribution in [2.45, 2.75) is 0 Å². The smallest absolute Gasteiger partial charge is 0.164 e. The third-order valence-electron chi connectivity index (χ3n) is 7.71. The molecule has 3 heterocycles. The third-order valence-corrected chi connectivity index (χ3v) is 7.71. The zero-order chi connectivity index (χ0) is 28.6. The van der Waals surface area contributed by atoms with Gasteiger partial charge < -0.3 is 0 Å². The van der Waals surface area contributed by atoms with E-state index in [1.54, 1.807) is 0 Å². The van der Waals surface area contributed by atoms with E-state index in [2.05, 4.69) is 77.3 Å². The fourth-order valence-electron chi connectivity index (χ4n) is 5.61. The molecule has 0 N–H and O–H groups in total. The van der Waals surface area contributed by atoms with Crippen LogP contribution in [0.25, 0.3) is 72.8 Å². The second-order valence-corrected chi connectivity index (χ2v) is 10.4. The van der Waals surface area contributed by atoms with Crippen molar-refractivity contribution in [2.75, 3.05) is 0 Å². The molecule has 0 aliphatic rings. The Kier molecular flexibility index (Phi) is 6.05. The molecular weight excluding hydrogens is 526 g/mol. The van der Waals surface area contributed by atoms with E-state index in [0.29, 0.717) is 17.5 Å². The molecular formula is C38H25N5. The first-order valence-electron chi connectivity index (χ1n) is 14.2. The molecule has 0 fully saturated rings. The third kappa shape index (κ3) is 4.53. The van der Waals surface area contributed by atoms with E-state index >= 15 is 0 Å². The van der Waals surface area contributed by atoms with Crippen LogP contribution in [0.1, 0.15) is 0 Å². The molecule has 0 radical (unpaired) electrons. The van der Waals surface area contributed by atoms with E-state index < -0.39 is 0 Å². The Labute approximate surface area is 248 Å². The summed E-state index contributed by atoms with van der Waals surface area (Å²) in [5, 5.41) is 7.11. The molecule has 202 valence electrons. The fraction of sp³-hybridized carbons (Fsp3) is 0. The van der Waals surface area contributed by atoms with Crippen LogP contribution in [0.2, 0.25) is 0 Å². The van der Waals surface area contributed by atoms with Crippen molar-refractivity contribution in [1.82, 2.24) is 24.6 Å². The van der Waals surface area contributed by atoms with E-state index in [4.69, 9.17) is 20.1 Å². The predicted octanol–water partition coefficient (Wildman–Crippen LogP) is 9.01. The fourth-order valence-corrected chi connectivity index (χ4v) is 5.61. The molecule has 0 unspecified atom stereocenters. The molecule has 0 saturated heterocycles. The molecule has 5 aromatic carbocycles. The summed E-state index contributed by atoms with van der Waals surface area (Å²) >= 11 is 0. The molecule has 0 saturated carbocycles. The zero-order valence-electron chi connectivity index (χ0n) is 23.2. The highest BCUT2D eigenvalue weighted by molar-refractivity contribution is 6.06. The standard InChI is InChI=1S/C38H25N5/c1-5-13-26(14-6-1)33-25-39-43-34(27-15-7-2-8-16-27)24-30-21-22-31(23-32(30)35(33)43)38-41-36(28-17-9-3-10-18-28)40-37(42-38)29-19-11-4-12-20-29/h1-25H. The Balaban J connectivity index is 1.39. The van der Waals surface area contributed by atoms with Gasteiger partial charge in [-0.1, -0.05) is 133 Å². The van der Waals surface area contributed by atoms with Gasteiger partial charge in [0.2, 0.25) is 0 Å². The quantitative estimate of drug-likeness (QED) is 0.214. The van der Waals surface area contributed by atoms with E-state index in [9.17, 15) is 0 Å². The number of benzene rings is 5. The first-order chi connectivity index (χ1) is 21.3. The molecule has 8 aromatic rings. The van der Waals surface area contributed by atoms with Crippen LogP contribution in [0.15, 0.2) is 152 Å². The first-order valence-corrected chi connectivity index (χ1v) is 14.2. The minimum absolute atomic E-state index is 0.626. The minimum Gasteiger partial charge on any atom is -0.232 e. The summed E-state index contributed by atoms with van der Waals surface area (Å²) in [6.07, 6.45) is 1.97. The Morgan fingerprint density at radius 1 is 0.419 bits per heavy atom. The molecule has 0 atom stereocenters. The molecule has 5 nitrogen and oxygen atoms in total. The maximum atomic E-state index is 4.98. The van der Waals surface area contributed by atoms with Crippen molar-refractivity contribution in [3.63, 3.8) is 0 Å². The highest BCUT2D eigenvalue weighted by atomic mass is 15.2. The van der Waals surface area contributed by atoms with Crippen LogP contribution in [0.3, 0.4) is 0 Å². The first kappa shape index (κ1) is 24.8. The largest absolute Gasteiger partial charge is 0.232 e. The summed E-state index contributed by atoms with van der Waals surface area (Å²) in [4.78, 5) is 14.8. The molecule has 5 heteroatoms. The molecule has 8 rings (SSSR count). The van der Waals surface area contributed by atoms with Crippen molar-refractivity contribution in [3.8, 4) is 56.5 Å². The van der Waals surface area contributed by atoms with Crippen molar-refractivity contribution >= 4 is 16.3 Å². The van der Waals surface area contributed by atoms with Gasteiger partial charge in [0.15, 0.2) is 17.5 Å². The van der Waals surface area contributed by atoms with Crippen molar-refractivity contribution in [1.29, 1.82) is 0 Å². The number of hydrogen-bond acceptors (Lipinski definition) is 4. The summed E-state index contributed by atoms with van der Waals surface area (Å²) in [6, 6.07) is 49.6. The molecule has 0 amide bonds. The van der Waals surface area contributed by atoms with Gasteiger partial charge in [0.05, 0.1) is 17.4 Å². The van der Waals surface area contributed by atoms with Gasteiger partial charge in [-0.3, -0.25) is 0 Å². The average molecular weight is 552 g/mol. The Morgan fingerprint density at radius 3 is 1.47 bits per heavy atom. The maximum absolute atomic E-state index is 4.98. The Hall–Kier alpha value is -5.94. The Bertz CT molecular complexity index is 2150. The number of pyridine rings is 1. The van der Waals surface area contributed by atoms with Crippen molar-refractivity contribution < 1.29 is 0 Å². The molecule has 0 spiro atoms. The molecule has 3 aromatic heterocycles. The highest BCUT2D eigenvalue weighted by Crippen LogP contribution is 2.36. The van der Waals surface area contributed by atoms with E-state index in [0.717, 1.165) is 55.4 Å². The lowest BCUT2D eigenvalue weighted by Gasteiger charge is -2.12. The molecule has 0 bridgehead atoms. The summed E-state index contributed by atoms with van der Waals surface area (Å²) in [6.45, 7) is 0. The summed E-state index contributed by atoms with van der Waals surface area (Å²) in [7, 11) is 0. The van der Waals surface area contributed by atoms with Crippen LogP contribution < -0.4 is 0 Å². The van der Waals surface area contributed by atoms with E-state index in [-0.39, 0.29) is 0 Å². The molecule has 0 aliphatic heterocycles. The van der Waals surface area contributed by atoms with Gasteiger partial charge in [-0.2, -0.15) is 5.10 Å². The van der Waals surface area contributed by atoms with Gasteiger partial charge in [0, 0.05) is 33.2 Å². The van der Waals surface area contributed by atoms with Crippen LogP contribution in [-0.4, -0.2) is 24.6 Å². The summed E-state index contributed by atoms with van der Waals surface area (Å²) in [5.74, 6) is 1.91. The van der Waals surface area contributed by atoms with Crippen molar-refractivity contribution in [2.24, 2.45) is 0 Å². The lowest BCUT2D eigenvalue weighted by molar-refractivity contribution is 0.975. The van der Waals surface area contributed by atoms with Gasteiger partial charge in [0.1, 0.15) is 0 Å².